The number of hydrogen-bond acceptors (Lipinski definition) is 5. The highest BCUT2D eigenvalue weighted by atomic mass is 16.6. The van der Waals surface area contributed by atoms with Gasteiger partial charge >= 0.3 is 6.09 Å². The van der Waals surface area contributed by atoms with Crippen LogP contribution in [-0.2, 0) is 16.1 Å². The van der Waals surface area contributed by atoms with E-state index in [1.807, 2.05) is 69.3 Å². The Balaban J connectivity index is 1.35. The van der Waals surface area contributed by atoms with Gasteiger partial charge in [0.2, 0.25) is 5.91 Å². The number of piperidine rings is 1. The normalized spacial score (nSPS) is 18.4. The van der Waals surface area contributed by atoms with Crippen molar-refractivity contribution >= 4 is 12.0 Å². The Morgan fingerprint density at radius 2 is 1.55 bits per heavy atom. The third-order valence-corrected chi connectivity index (χ3v) is 8.56. The summed E-state index contributed by atoms with van der Waals surface area (Å²) in [5.74, 6) is 1.22. The second kappa shape index (κ2) is 13.7. The molecule has 234 valence electrons. The molecule has 1 aliphatic heterocycles. The summed E-state index contributed by atoms with van der Waals surface area (Å²) >= 11 is 0. The van der Waals surface area contributed by atoms with Gasteiger partial charge in [0, 0.05) is 25.7 Å². The van der Waals surface area contributed by atoms with Gasteiger partial charge in [0.15, 0.2) is 0 Å². The topological polar surface area (TPSA) is 68.3 Å². The molecule has 2 aliphatic rings. The quantitative estimate of drug-likeness (QED) is 0.229. The number of para-hydroxylation sites is 1. The lowest BCUT2D eigenvalue weighted by Crippen LogP contribution is -2.51. The second-order valence-corrected chi connectivity index (χ2v) is 13.1. The zero-order valence-corrected chi connectivity index (χ0v) is 26.8. The minimum atomic E-state index is -0.605. The Labute approximate surface area is 262 Å². The summed E-state index contributed by atoms with van der Waals surface area (Å²) in [5, 5.41) is 0. The molecule has 0 N–H and O–H groups in total. The molecule has 1 aliphatic carbocycles. The number of carbonyl (C=O) groups is 2. The zero-order valence-electron chi connectivity index (χ0n) is 26.8. The van der Waals surface area contributed by atoms with Crippen molar-refractivity contribution in [1.29, 1.82) is 0 Å². The first kappa shape index (κ1) is 31.4. The monoisotopic (exact) mass is 598 g/mol. The molecule has 2 atom stereocenters. The molecule has 3 aromatic carbocycles. The largest absolute Gasteiger partial charge is 0.490 e. The van der Waals surface area contributed by atoms with Crippen LogP contribution in [0.3, 0.4) is 0 Å². The maximum absolute atomic E-state index is 14.5. The van der Waals surface area contributed by atoms with Crippen LogP contribution in [0.25, 0.3) is 0 Å². The summed E-state index contributed by atoms with van der Waals surface area (Å²) in [6.45, 7) is 12.1. The van der Waals surface area contributed by atoms with Gasteiger partial charge in [0.05, 0.1) is 5.92 Å². The number of carbonyl (C=O) groups excluding carboxylic acids is 2. The van der Waals surface area contributed by atoms with Gasteiger partial charge in [-0.15, -0.1) is 0 Å². The lowest BCUT2D eigenvalue weighted by atomic mass is 9.79. The van der Waals surface area contributed by atoms with E-state index in [4.69, 9.17) is 14.2 Å². The van der Waals surface area contributed by atoms with E-state index in [0.717, 1.165) is 29.9 Å². The van der Waals surface area contributed by atoms with Crippen molar-refractivity contribution in [3.63, 3.8) is 0 Å². The van der Waals surface area contributed by atoms with Gasteiger partial charge in [-0.25, -0.2) is 4.79 Å². The molecule has 3 aromatic rings. The maximum Gasteiger partial charge on any atom is 0.410 e. The molecule has 44 heavy (non-hydrogen) atoms. The van der Waals surface area contributed by atoms with Crippen molar-refractivity contribution < 1.29 is 23.8 Å². The molecule has 1 saturated heterocycles. The molecule has 0 radical (unpaired) electrons. The fourth-order valence-corrected chi connectivity index (χ4v) is 5.92. The summed E-state index contributed by atoms with van der Waals surface area (Å²) < 4.78 is 17.6. The smallest absolute Gasteiger partial charge is 0.410 e. The number of hydrogen-bond donors (Lipinski definition) is 0. The Bertz CT molecular complexity index is 1430. The minimum absolute atomic E-state index is 0.0508. The molecule has 0 unspecified atom stereocenters. The summed E-state index contributed by atoms with van der Waals surface area (Å²) in [7, 11) is 0. The Morgan fingerprint density at radius 3 is 2.25 bits per heavy atom. The zero-order chi connectivity index (χ0) is 31.3. The average molecular weight is 599 g/mol. The minimum Gasteiger partial charge on any atom is -0.490 e. The number of likely N-dealkylation sites (tertiary alicyclic amines) is 1. The fraction of sp³-hybridized carbons (Fsp3) is 0.459. The van der Waals surface area contributed by atoms with E-state index in [0.29, 0.717) is 39.3 Å². The lowest BCUT2D eigenvalue weighted by molar-refractivity contribution is -0.139. The van der Waals surface area contributed by atoms with Gasteiger partial charge in [-0.1, -0.05) is 48.5 Å². The van der Waals surface area contributed by atoms with Gasteiger partial charge in [-0.05, 0) is 106 Å². The van der Waals surface area contributed by atoms with Crippen molar-refractivity contribution in [3.8, 4) is 11.5 Å². The molecular weight excluding hydrogens is 552 g/mol. The van der Waals surface area contributed by atoms with E-state index in [1.165, 1.54) is 16.7 Å². The number of benzene rings is 3. The Morgan fingerprint density at radius 1 is 0.864 bits per heavy atom. The number of ether oxygens (including phenoxy) is 3. The summed E-state index contributed by atoms with van der Waals surface area (Å²) in [6.07, 6.45) is 2.32. The highest BCUT2D eigenvalue weighted by molar-refractivity contribution is 5.82. The van der Waals surface area contributed by atoms with Gasteiger partial charge < -0.3 is 24.0 Å². The summed E-state index contributed by atoms with van der Waals surface area (Å²) in [4.78, 5) is 31.5. The third-order valence-electron chi connectivity index (χ3n) is 8.56. The van der Waals surface area contributed by atoms with Crippen LogP contribution < -0.4 is 9.47 Å². The van der Waals surface area contributed by atoms with Gasteiger partial charge in [-0.3, -0.25) is 4.79 Å². The van der Waals surface area contributed by atoms with Crippen LogP contribution in [0.5, 0.6) is 11.5 Å². The van der Waals surface area contributed by atoms with E-state index in [2.05, 4.69) is 43.0 Å². The van der Waals surface area contributed by atoms with Crippen molar-refractivity contribution in [2.75, 3.05) is 26.3 Å². The Hall–Kier alpha value is -4.00. The fourth-order valence-electron chi connectivity index (χ4n) is 5.92. The van der Waals surface area contributed by atoms with Crippen LogP contribution in [0.15, 0.2) is 72.8 Å². The first-order valence-corrected chi connectivity index (χ1v) is 15.8. The lowest BCUT2D eigenvalue weighted by Gasteiger charge is -2.40. The van der Waals surface area contributed by atoms with Crippen LogP contribution >= 0.6 is 0 Å². The highest BCUT2D eigenvalue weighted by Gasteiger charge is 2.43. The molecule has 0 spiro atoms. The van der Waals surface area contributed by atoms with Crippen LogP contribution in [0.1, 0.15) is 68.2 Å². The summed E-state index contributed by atoms with van der Waals surface area (Å²) in [6, 6.07) is 24.3. The predicted octanol–water partition coefficient (Wildman–Crippen LogP) is 7.29. The number of rotatable bonds is 10. The molecular formula is C37H46N2O5. The van der Waals surface area contributed by atoms with Gasteiger partial charge in [0.25, 0.3) is 0 Å². The SMILES string of the molecule is Cc1cccc(CN(C(=O)[C@H]2CN(C(=O)OC(C)(C)C)CC[C@@H]2c2cccc(OCCOc3ccccc3)c2)C2CC2)c1C. The summed E-state index contributed by atoms with van der Waals surface area (Å²) in [5.41, 5.74) is 4.07. The average Bonchev–Trinajstić information content (AvgIpc) is 3.85. The van der Waals surface area contributed by atoms with E-state index in [-0.39, 0.29) is 24.0 Å². The predicted molar refractivity (Wildman–Crippen MR) is 172 cm³/mol. The Kier molecular flexibility index (Phi) is 9.82. The molecule has 2 amide bonds. The van der Waals surface area contributed by atoms with E-state index in [9.17, 15) is 9.59 Å². The maximum atomic E-state index is 14.5. The van der Waals surface area contributed by atoms with Crippen LogP contribution in [0.4, 0.5) is 4.79 Å². The van der Waals surface area contributed by atoms with Crippen LogP contribution in [-0.4, -0.2) is 59.7 Å². The van der Waals surface area contributed by atoms with Crippen molar-refractivity contribution in [1.82, 2.24) is 9.80 Å². The van der Waals surface area contributed by atoms with Gasteiger partial charge in [0.1, 0.15) is 30.3 Å². The number of aryl methyl sites for hydroxylation is 1. The van der Waals surface area contributed by atoms with Crippen molar-refractivity contribution in [2.45, 2.75) is 78.0 Å². The van der Waals surface area contributed by atoms with Crippen molar-refractivity contribution in [3.05, 3.63) is 95.1 Å². The van der Waals surface area contributed by atoms with Gasteiger partial charge in [-0.2, -0.15) is 0 Å². The number of amides is 2. The standard InChI is InChI=1S/C37H46N2O5/c1-26-11-9-13-29(27(26)2)24-39(30-17-18-30)35(40)34-25-38(36(41)44-37(3,4)5)20-19-33(34)28-12-10-16-32(23-28)43-22-21-42-31-14-7-6-8-15-31/h6-16,23,30,33-34H,17-22,24-25H2,1-5H3/t33-,34+/m1/s1. The first-order valence-electron chi connectivity index (χ1n) is 15.8. The molecule has 0 aromatic heterocycles. The third kappa shape index (κ3) is 8.13. The molecule has 1 heterocycles. The first-order chi connectivity index (χ1) is 21.1. The number of nitrogens with zero attached hydrogens (tertiary/aromatic N) is 2. The van der Waals surface area contributed by atoms with E-state index >= 15 is 0 Å². The molecule has 7 nitrogen and oxygen atoms in total. The molecule has 5 rings (SSSR count). The van der Waals surface area contributed by atoms with Crippen LogP contribution in [0.2, 0.25) is 0 Å². The molecule has 2 fully saturated rings. The van der Waals surface area contributed by atoms with Crippen molar-refractivity contribution in [2.24, 2.45) is 5.92 Å². The van der Waals surface area contributed by atoms with Crippen LogP contribution in [0, 0.1) is 19.8 Å². The second-order valence-electron chi connectivity index (χ2n) is 13.1. The molecule has 0 bridgehead atoms. The molecule has 7 heteroatoms. The highest BCUT2D eigenvalue weighted by Crippen LogP contribution is 2.39. The van der Waals surface area contributed by atoms with E-state index in [1.54, 1.807) is 4.90 Å². The molecule has 1 saturated carbocycles. The van der Waals surface area contributed by atoms with E-state index < -0.39 is 11.5 Å².